The van der Waals surface area contributed by atoms with E-state index >= 15 is 0 Å². The van der Waals surface area contributed by atoms with Crippen molar-refractivity contribution in [2.45, 2.75) is 44.3 Å². The molecule has 154 valence electrons. The molecule has 8 heteroatoms. The van der Waals surface area contributed by atoms with Crippen LogP contribution in [-0.2, 0) is 6.18 Å². The number of anilines is 3. The number of carbonyl (C=O) groups excluding carboxylic acids is 1. The van der Waals surface area contributed by atoms with E-state index in [9.17, 15) is 18.0 Å². The summed E-state index contributed by atoms with van der Waals surface area (Å²) in [6.45, 7) is 1.52. The molecule has 0 spiro atoms. The van der Waals surface area contributed by atoms with E-state index in [-0.39, 0.29) is 5.69 Å². The van der Waals surface area contributed by atoms with Gasteiger partial charge in [0.25, 0.3) is 5.91 Å². The van der Waals surface area contributed by atoms with Crippen molar-refractivity contribution in [3.8, 4) is 0 Å². The van der Waals surface area contributed by atoms with Crippen LogP contribution in [0.3, 0.4) is 0 Å². The fourth-order valence-corrected chi connectivity index (χ4v) is 3.47. The van der Waals surface area contributed by atoms with Gasteiger partial charge < -0.3 is 15.5 Å². The van der Waals surface area contributed by atoms with Gasteiger partial charge in [-0.3, -0.25) is 4.79 Å². The highest BCUT2D eigenvalue weighted by molar-refractivity contribution is 6.06. The number of piperidine rings is 1. The molecule has 2 aromatic rings. The zero-order valence-electron chi connectivity index (χ0n) is 15.9. The minimum atomic E-state index is -4.47. The minimum absolute atomic E-state index is 0.173. The average molecular weight is 404 g/mol. The summed E-state index contributed by atoms with van der Waals surface area (Å²) in [6.07, 6.45) is 2.25. The normalized spacial score (nSPS) is 17.1. The molecule has 4 rings (SSSR count). The predicted octanol–water partition coefficient (Wildman–Crippen LogP) is 4.92. The van der Waals surface area contributed by atoms with Crippen molar-refractivity contribution in [3.63, 3.8) is 0 Å². The Morgan fingerprint density at radius 3 is 2.45 bits per heavy atom. The molecule has 2 aliphatic rings. The van der Waals surface area contributed by atoms with Crippen molar-refractivity contribution in [3.05, 3.63) is 47.7 Å². The van der Waals surface area contributed by atoms with Gasteiger partial charge in [-0.2, -0.15) is 13.2 Å². The SMILES string of the molecule is O=C(Nc1cc(C(F)(F)F)ccc1N1CCCCC1)c1ccc(NC2CC2)nc1. The van der Waals surface area contributed by atoms with Crippen molar-refractivity contribution in [1.82, 2.24) is 4.98 Å². The van der Waals surface area contributed by atoms with E-state index in [4.69, 9.17) is 0 Å². The number of benzene rings is 1. The molecule has 29 heavy (non-hydrogen) atoms. The number of rotatable bonds is 5. The van der Waals surface area contributed by atoms with Gasteiger partial charge in [-0.25, -0.2) is 4.98 Å². The number of pyridine rings is 1. The summed E-state index contributed by atoms with van der Waals surface area (Å²) in [5.74, 6) is 0.213. The number of nitrogens with one attached hydrogen (secondary N) is 2. The summed E-state index contributed by atoms with van der Waals surface area (Å²) in [6, 6.07) is 7.31. The Balaban J connectivity index is 1.56. The predicted molar refractivity (Wildman–Crippen MR) is 106 cm³/mol. The molecular weight excluding hydrogens is 381 g/mol. The number of hydrogen-bond donors (Lipinski definition) is 2. The number of halogens is 3. The second-order valence-electron chi connectivity index (χ2n) is 7.58. The molecule has 2 fully saturated rings. The van der Waals surface area contributed by atoms with E-state index in [1.807, 2.05) is 4.90 Å². The molecule has 1 amide bonds. The number of alkyl halides is 3. The first-order valence-electron chi connectivity index (χ1n) is 9.90. The fourth-order valence-electron chi connectivity index (χ4n) is 3.47. The molecule has 0 radical (unpaired) electrons. The molecule has 0 unspecified atom stereocenters. The Labute approximate surface area is 167 Å². The first-order valence-corrected chi connectivity index (χ1v) is 9.90. The van der Waals surface area contributed by atoms with Crippen LogP contribution in [0.4, 0.5) is 30.4 Å². The summed E-state index contributed by atoms with van der Waals surface area (Å²) in [7, 11) is 0. The number of hydrogen-bond acceptors (Lipinski definition) is 4. The highest BCUT2D eigenvalue weighted by Gasteiger charge is 2.32. The average Bonchev–Trinajstić information content (AvgIpc) is 3.52. The molecule has 2 heterocycles. The molecule has 1 saturated heterocycles. The second kappa shape index (κ2) is 7.93. The maximum atomic E-state index is 13.2. The smallest absolute Gasteiger partial charge is 0.370 e. The van der Waals surface area contributed by atoms with E-state index in [0.29, 0.717) is 23.1 Å². The molecule has 5 nitrogen and oxygen atoms in total. The molecule has 1 aromatic carbocycles. The van der Waals surface area contributed by atoms with E-state index in [2.05, 4.69) is 15.6 Å². The van der Waals surface area contributed by atoms with Gasteiger partial charge in [0, 0.05) is 25.3 Å². The lowest BCUT2D eigenvalue weighted by Crippen LogP contribution is -2.30. The Morgan fingerprint density at radius 2 is 1.83 bits per heavy atom. The lowest BCUT2D eigenvalue weighted by atomic mass is 10.1. The van der Waals surface area contributed by atoms with E-state index < -0.39 is 17.6 Å². The van der Waals surface area contributed by atoms with Gasteiger partial charge in [-0.05, 0) is 62.4 Å². The van der Waals surface area contributed by atoms with Gasteiger partial charge in [-0.1, -0.05) is 0 Å². The number of nitrogens with zero attached hydrogens (tertiary/aromatic N) is 2. The number of amides is 1. The van der Waals surface area contributed by atoms with Crippen molar-refractivity contribution in [2.24, 2.45) is 0 Å². The summed E-state index contributed by atoms with van der Waals surface area (Å²) in [5.41, 5.74) is 0.307. The monoisotopic (exact) mass is 404 g/mol. The van der Waals surface area contributed by atoms with Crippen LogP contribution in [0.2, 0.25) is 0 Å². The molecule has 0 bridgehead atoms. The van der Waals surface area contributed by atoms with Gasteiger partial charge in [-0.15, -0.1) is 0 Å². The summed E-state index contributed by atoms with van der Waals surface area (Å²) >= 11 is 0. The van der Waals surface area contributed by atoms with Crippen molar-refractivity contribution in [2.75, 3.05) is 28.6 Å². The second-order valence-corrected chi connectivity index (χ2v) is 7.58. The third-order valence-corrected chi connectivity index (χ3v) is 5.22. The van der Waals surface area contributed by atoms with Crippen LogP contribution in [0.15, 0.2) is 36.5 Å². The van der Waals surface area contributed by atoms with Gasteiger partial charge in [0.15, 0.2) is 0 Å². The van der Waals surface area contributed by atoms with Gasteiger partial charge >= 0.3 is 6.18 Å². The summed E-state index contributed by atoms with van der Waals surface area (Å²) in [5, 5.41) is 5.90. The van der Waals surface area contributed by atoms with E-state index in [1.54, 1.807) is 12.1 Å². The standard InChI is InChI=1S/C21H23F3N4O/c22-21(23,24)15-5-8-18(28-10-2-1-3-11-28)17(12-15)27-20(29)14-4-9-19(25-13-14)26-16-6-7-16/h4-5,8-9,12-13,16H,1-3,6-7,10-11H2,(H,25,26)(H,27,29). The van der Waals surface area contributed by atoms with Crippen molar-refractivity contribution >= 4 is 23.1 Å². The van der Waals surface area contributed by atoms with Crippen molar-refractivity contribution in [1.29, 1.82) is 0 Å². The molecule has 2 N–H and O–H groups in total. The first-order chi connectivity index (χ1) is 13.9. The maximum absolute atomic E-state index is 13.2. The van der Waals surface area contributed by atoms with Crippen LogP contribution in [0.5, 0.6) is 0 Å². The van der Waals surface area contributed by atoms with Gasteiger partial charge in [0.05, 0.1) is 22.5 Å². The van der Waals surface area contributed by atoms with Crippen LogP contribution in [0.25, 0.3) is 0 Å². The van der Waals surface area contributed by atoms with Gasteiger partial charge in [0.2, 0.25) is 0 Å². The molecule has 1 aliphatic carbocycles. The van der Waals surface area contributed by atoms with E-state index in [0.717, 1.165) is 57.3 Å². The molecule has 1 saturated carbocycles. The highest BCUT2D eigenvalue weighted by Crippen LogP contribution is 2.36. The molecule has 1 aromatic heterocycles. The van der Waals surface area contributed by atoms with Crippen LogP contribution in [0.1, 0.15) is 48.0 Å². The lowest BCUT2D eigenvalue weighted by molar-refractivity contribution is -0.137. The Bertz CT molecular complexity index is 872. The van der Waals surface area contributed by atoms with Crippen molar-refractivity contribution < 1.29 is 18.0 Å². The third-order valence-electron chi connectivity index (χ3n) is 5.22. The Morgan fingerprint density at radius 1 is 1.07 bits per heavy atom. The van der Waals surface area contributed by atoms with Crippen LogP contribution in [0, 0.1) is 0 Å². The lowest BCUT2D eigenvalue weighted by Gasteiger charge is -2.31. The fraction of sp³-hybridized carbons (Fsp3) is 0.429. The number of carbonyl (C=O) groups is 1. The highest BCUT2D eigenvalue weighted by atomic mass is 19.4. The Kier molecular flexibility index (Phi) is 5.34. The largest absolute Gasteiger partial charge is 0.416 e. The molecular formula is C21H23F3N4O. The first kappa shape index (κ1) is 19.5. The summed E-state index contributed by atoms with van der Waals surface area (Å²) < 4.78 is 39.6. The zero-order chi connectivity index (χ0) is 20.4. The van der Waals surface area contributed by atoms with Crippen LogP contribution in [-0.4, -0.2) is 30.0 Å². The zero-order valence-corrected chi connectivity index (χ0v) is 15.9. The summed E-state index contributed by atoms with van der Waals surface area (Å²) in [4.78, 5) is 18.9. The van der Waals surface area contributed by atoms with Crippen LogP contribution < -0.4 is 15.5 Å². The minimum Gasteiger partial charge on any atom is -0.370 e. The Hall–Kier alpha value is -2.77. The number of aromatic nitrogens is 1. The van der Waals surface area contributed by atoms with E-state index in [1.165, 1.54) is 12.3 Å². The topological polar surface area (TPSA) is 57.3 Å². The molecule has 0 atom stereocenters. The quantitative estimate of drug-likeness (QED) is 0.743. The third kappa shape index (κ3) is 4.81. The van der Waals surface area contributed by atoms with Gasteiger partial charge in [0.1, 0.15) is 5.82 Å². The maximum Gasteiger partial charge on any atom is 0.416 e. The molecule has 1 aliphatic heterocycles. The van der Waals surface area contributed by atoms with Crippen LogP contribution >= 0.6 is 0 Å².